The number of likely N-dealkylation sites (N-methyl/N-ethyl adjacent to an activating group) is 1. The van der Waals surface area contributed by atoms with Crippen molar-refractivity contribution in [3.05, 3.63) is 42.0 Å². The van der Waals surface area contributed by atoms with Crippen LogP contribution >= 0.6 is 0 Å². The van der Waals surface area contributed by atoms with E-state index < -0.39 is 0 Å². The van der Waals surface area contributed by atoms with Crippen LogP contribution in [0.15, 0.2) is 36.4 Å². The summed E-state index contributed by atoms with van der Waals surface area (Å²) in [6.45, 7) is 3.36. The zero-order valence-electron chi connectivity index (χ0n) is 11.6. The first-order valence-electron chi connectivity index (χ1n) is 7.04. The third-order valence-corrected chi connectivity index (χ3v) is 4.54. The molecule has 0 aromatic heterocycles. The summed E-state index contributed by atoms with van der Waals surface area (Å²) in [7, 11) is 2.18. The van der Waals surface area contributed by atoms with Gasteiger partial charge in [0.05, 0.1) is 11.6 Å². The van der Waals surface area contributed by atoms with E-state index in [1.54, 1.807) is 0 Å². The molecule has 102 valence electrons. The van der Waals surface area contributed by atoms with Crippen LogP contribution in [0.2, 0.25) is 0 Å². The van der Waals surface area contributed by atoms with Crippen molar-refractivity contribution in [3.8, 4) is 0 Å². The molecule has 19 heavy (non-hydrogen) atoms. The van der Waals surface area contributed by atoms with Crippen LogP contribution in [0.25, 0.3) is 0 Å². The standard InChI is InChI=1S/C16H22N2O/c1-12(11-19)7-8-16-9-10-18(2)15(16)17-14-6-4-3-5-13(14)16/h3-8,12,15,17,19H,9-11H2,1-2H3/b8-7+/t12?,15-,16-/m0/s1. The van der Waals surface area contributed by atoms with E-state index >= 15 is 0 Å². The number of para-hydroxylation sites is 1. The van der Waals surface area contributed by atoms with Gasteiger partial charge in [0.15, 0.2) is 0 Å². The van der Waals surface area contributed by atoms with Crippen LogP contribution in [0.4, 0.5) is 5.69 Å². The van der Waals surface area contributed by atoms with Crippen LogP contribution in [-0.4, -0.2) is 36.4 Å². The maximum Gasteiger partial charge on any atom is 0.0926 e. The first-order valence-corrected chi connectivity index (χ1v) is 7.04. The molecule has 3 nitrogen and oxygen atoms in total. The average molecular weight is 258 g/mol. The molecule has 0 amide bonds. The first kappa shape index (κ1) is 12.7. The SMILES string of the molecule is CC(/C=C/[C@@]12CCN(C)[C@@H]1Nc1ccccc12)CO. The number of nitrogens with one attached hydrogen (secondary N) is 1. The van der Waals surface area contributed by atoms with E-state index in [2.05, 4.69) is 60.6 Å². The summed E-state index contributed by atoms with van der Waals surface area (Å²) in [6, 6.07) is 8.59. The van der Waals surface area contributed by atoms with Crippen LogP contribution in [0.5, 0.6) is 0 Å². The molecule has 2 aliphatic rings. The molecule has 1 aromatic carbocycles. The molecule has 0 spiro atoms. The average Bonchev–Trinajstić information content (AvgIpc) is 2.92. The quantitative estimate of drug-likeness (QED) is 0.816. The second-order valence-electron chi connectivity index (χ2n) is 5.88. The molecular formula is C16H22N2O. The Balaban J connectivity index is 2.02. The van der Waals surface area contributed by atoms with E-state index in [9.17, 15) is 5.11 Å². The van der Waals surface area contributed by atoms with Gasteiger partial charge in [0.2, 0.25) is 0 Å². The minimum Gasteiger partial charge on any atom is -0.396 e. The lowest BCUT2D eigenvalue weighted by atomic mass is 9.78. The van der Waals surface area contributed by atoms with Gasteiger partial charge in [0.25, 0.3) is 0 Å². The predicted octanol–water partition coefficient (Wildman–Crippen LogP) is 2.20. The summed E-state index contributed by atoms with van der Waals surface area (Å²) >= 11 is 0. The molecule has 2 N–H and O–H groups in total. The fraction of sp³-hybridized carbons (Fsp3) is 0.500. The summed E-state index contributed by atoms with van der Waals surface area (Å²) < 4.78 is 0. The van der Waals surface area contributed by atoms with Crippen molar-refractivity contribution in [2.75, 3.05) is 25.5 Å². The van der Waals surface area contributed by atoms with E-state index in [0.29, 0.717) is 6.17 Å². The summed E-state index contributed by atoms with van der Waals surface area (Å²) in [5.74, 6) is 0.216. The van der Waals surface area contributed by atoms with Gasteiger partial charge in [-0.15, -0.1) is 0 Å². The summed E-state index contributed by atoms with van der Waals surface area (Å²) in [5.41, 5.74) is 2.71. The molecule has 2 aliphatic heterocycles. The molecule has 0 bridgehead atoms. The van der Waals surface area contributed by atoms with Gasteiger partial charge >= 0.3 is 0 Å². The van der Waals surface area contributed by atoms with Crippen LogP contribution in [0.1, 0.15) is 18.9 Å². The zero-order valence-corrected chi connectivity index (χ0v) is 11.6. The van der Waals surface area contributed by atoms with Crippen molar-refractivity contribution in [3.63, 3.8) is 0 Å². The fourth-order valence-corrected chi connectivity index (χ4v) is 3.36. The highest BCUT2D eigenvalue weighted by Crippen LogP contribution is 2.49. The minimum atomic E-state index is 0.0643. The molecule has 1 fully saturated rings. The molecular weight excluding hydrogens is 236 g/mol. The predicted molar refractivity (Wildman–Crippen MR) is 78.2 cm³/mol. The number of benzene rings is 1. The number of hydrogen-bond donors (Lipinski definition) is 2. The van der Waals surface area contributed by atoms with Crippen LogP contribution in [0.3, 0.4) is 0 Å². The molecule has 1 aromatic rings. The number of hydrogen-bond acceptors (Lipinski definition) is 3. The van der Waals surface area contributed by atoms with Crippen molar-refractivity contribution in [1.82, 2.24) is 4.90 Å². The Morgan fingerprint density at radius 1 is 1.53 bits per heavy atom. The molecule has 0 radical (unpaired) electrons. The molecule has 1 saturated heterocycles. The van der Waals surface area contributed by atoms with E-state index in [4.69, 9.17) is 0 Å². The molecule has 3 atom stereocenters. The van der Waals surface area contributed by atoms with Crippen molar-refractivity contribution < 1.29 is 5.11 Å². The topological polar surface area (TPSA) is 35.5 Å². The van der Waals surface area contributed by atoms with E-state index in [-0.39, 0.29) is 17.9 Å². The fourth-order valence-electron chi connectivity index (χ4n) is 3.36. The second kappa shape index (κ2) is 4.66. The first-order chi connectivity index (χ1) is 9.17. The Labute approximate surface area is 114 Å². The van der Waals surface area contributed by atoms with E-state index in [0.717, 1.165) is 13.0 Å². The summed E-state index contributed by atoms with van der Waals surface area (Å²) in [5, 5.41) is 12.9. The van der Waals surface area contributed by atoms with Gasteiger partial charge in [0, 0.05) is 18.8 Å². The van der Waals surface area contributed by atoms with E-state index in [1.165, 1.54) is 11.3 Å². The van der Waals surface area contributed by atoms with Crippen LogP contribution < -0.4 is 5.32 Å². The third kappa shape index (κ3) is 1.88. The third-order valence-electron chi connectivity index (χ3n) is 4.54. The molecule has 0 saturated carbocycles. The highest BCUT2D eigenvalue weighted by atomic mass is 16.3. The lowest BCUT2D eigenvalue weighted by Gasteiger charge is -2.28. The Bertz CT molecular complexity index is 499. The zero-order chi connectivity index (χ0) is 13.5. The molecule has 2 heterocycles. The summed E-state index contributed by atoms with van der Waals surface area (Å²) in [4.78, 5) is 2.38. The minimum absolute atomic E-state index is 0.0643. The lowest BCUT2D eigenvalue weighted by molar-refractivity contribution is 0.260. The number of fused-ring (bicyclic) bond motifs is 3. The number of rotatable bonds is 3. The van der Waals surface area contributed by atoms with Gasteiger partial charge in [-0.25, -0.2) is 0 Å². The number of aliphatic hydroxyl groups is 1. The van der Waals surface area contributed by atoms with Gasteiger partial charge < -0.3 is 10.4 Å². The Morgan fingerprint density at radius 3 is 3.11 bits per heavy atom. The monoisotopic (exact) mass is 258 g/mol. The highest BCUT2D eigenvalue weighted by molar-refractivity contribution is 5.64. The molecule has 0 aliphatic carbocycles. The normalized spacial score (nSPS) is 31.2. The van der Waals surface area contributed by atoms with Crippen LogP contribution in [0, 0.1) is 5.92 Å². The maximum atomic E-state index is 9.22. The second-order valence-corrected chi connectivity index (χ2v) is 5.88. The van der Waals surface area contributed by atoms with Gasteiger partial charge in [-0.2, -0.15) is 0 Å². The number of nitrogens with zero attached hydrogens (tertiary/aromatic N) is 1. The van der Waals surface area contributed by atoms with Crippen LogP contribution in [-0.2, 0) is 5.41 Å². The Kier molecular flexibility index (Phi) is 3.11. The van der Waals surface area contributed by atoms with Crippen molar-refractivity contribution >= 4 is 5.69 Å². The van der Waals surface area contributed by atoms with Gasteiger partial charge in [-0.05, 0) is 31.0 Å². The maximum absolute atomic E-state index is 9.22. The number of aliphatic hydroxyl groups excluding tert-OH is 1. The lowest BCUT2D eigenvalue weighted by Crippen LogP contribution is -2.40. The van der Waals surface area contributed by atoms with Crippen molar-refractivity contribution in [2.45, 2.75) is 24.9 Å². The smallest absolute Gasteiger partial charge is 0.0926 e. The molecule has 3 heteroatoms. The number of anilines is 1. The Morgan fingerprint density at radius 2 is 2.32 bits per heavy atom. The summed E-state index contributed by atoms with van der Waals surface area (Å²) in [6.07, 6.45) is 5.95. The molecule has 1 unspecified atom stereocenters. The molecule has 3 rings (SSSR count). The van der Waals surface area contributed by atoms with Gasteiger partial charge in [-0.3, -0.25) is 4.90 Å². The van der Waals surface area contributed by atoms with Gasteiger partial charge in [-0.1, -0.05) is 37.3 Å². The number of likely N-dealkylation sites (tertiary alicyclic amines) is 1. The largest absolute Gasteiger partial charge is 0.396 e. The highest BCUT2D eigenvalue weighted by Gasteiger charge is 2.50. The Hall–Kier alpha value is -1.32. The van der Waals surface area contributed by atoms with Crippen molar-refractivity contribution in [1.29, 1.82) is 0 Å². The van der Waals surface area contributed by atoms with Crippen molar-refractivity contribution in [2.24, 2.45) is 5.92 Å². The van der Waals surface area contributed by atoms with E-state index in [1.807, 2.05) is 0 Å². The van der Waals surface area contributed by atoms with Gasteiger partial charge in [0.1, 0.15) is 0 Å².